The molecule has 2 aromatic rings. The van der Waals surface area contributed by atoms with Gasteiger partial charge >= 0.3 is 0 Å². The molecular formula is C16H16NO2Y-. The second-order valence-electron chi connectivity index (χ2n) is 4.31. The van der Waals surface area contributed by atoms with Crippen LogP contribution in [0.3, 0.4) is 0 Å². The third-order valence-electron chi connectivity index (χ3n) is 2.90. The molecule has 1 aromatic carbocycles. The van der Waals surface area contributed by atoms with Gasteiger partial charge in [0, 0.05) is 39.8 Å². The number of hydrogen-bond donors (Lipinski definition) is 0. The smallest absolute Gasteiger partial charge is 0.197 e. The van der Waals surface area contributed by atoms with Gasteiger partial charge in [0.2, 0.25) is 0 Å². The van der Waals surface area contributed by atoms with Crippen LogP contribution in [0.5, 0.6) is 5.75 Å². The first kappa shape index (κ1) is 16.9. The van der Waals surface area contributed by atoms with Gasteiger partial charge in [0.15, 0.2) is 5.56 Å². The van der Waals surface area contributed by atoms with Gasteiger partial charge in [-0.05, 0) is 12.1 Å². The molecule has 0 aliphatic carbocycles. The van der Waals surface area contributed by atoms with Crippen LogP contribution in [0.1, 0.15) is 5.56 Å². The minimum absolute atomic E-state index is 0. The summed E-state index contributed by atoms with van der Waals surface area (Å²) >= 11 is 0. The maximum absolute atomic E-state index is 11.9. The van der Waals surface area contributed by atoms with Gasteiger partial charge in [-0.25, -0.2) is 0 Å². The van der Waals surface area contributed by atoms with Crippen LogP contribution in [0.4, 0.5) is 0 Å². The minimum atomic E-state index is 0. The molecule has 0 aliphatic heterocycles. The Labute approximate surface area is 144 Å². The molecule has 2 rings (SSSR count). The van der Waals surface area contributed by atoms with Gasteiger partial charge in [-0.3, -0.25) is 4.79 Å². The van der Waals surface area contributed by atoms with E-state index in [1.165, 1.54) is 0 Å². The van der Waals surface area contributed by atoms with Gasteiger partial charge in [0.1, 0.15) is 12.4 Å². The Balaban J connectivity index is 0.00000200. The van der Waals surface area contributed by atoms with Crippen molar-refractivity contribution in [2.75, 3.05) is 6.61 Å². The quantitative estimate of drug-likeness (QED) is 0.631. The molecule has 1 aromatic heterocycles. The van der Waals surface area contributed by atoms with Crippen molar-refractivity contribution < 1.29 is 37.4 Å². The fourth-order valence-electron chi connectivity index (χ4n) is 1.84. The Morgan fingerprint density at radius 3 is 2.60 bits per heavy atom. The predicted octanol–water partition coefficient (Wildman–Crippen LogP) is 2.72. The van der Waals surface area contributed by atoms with E-state index in [9.17, 15) is 4.79 Å². The van der Waals surface area contributed by atoms with Crippen LogP contribution < -0.4 is 10.3 Å². The van der Waals surface area contributed by atoms with E-state index < -0.39 is 0 Å². The van der Waals surface area contributed by atoms with Crippen LogP contribution in [0, 0.1) is 13.0 Å². The Morgan fingerprint density at radius 1 is 1.35 bits per heavy atom. The minimum Gasteiger partial charge on any atom is -0.490 e. The molecule has 0 spiro atoms. The summed E-state index contributed by atoms with van der Waals surface area (Å²) in [5.41, 5.74) is 2.40. The molecule has 0 bridgehead atoms. The summed E-state index contributed by atoms with van der Waals surface area (Å²) in [6.07, 6.45) is 1.70. The molecule has 4 heteroatoms. The van der Waals surface area contributed by atoms with Crippen molar-refractivity contribution in [1.82, 2.24) is 4.57 Å². The largest absolute Gasteiger partial charge is 0.490 e. The predicted molar refractivity (Wildman–Crippen MR) is 76.4 cm³/mol. The molecule has 101 valence electrons. The van der Waals surface area contributed by atoms with Gasteiger partial charge in [0.05, 0.1) is 0 Å². The zero-order chi connectivity index (χ0) is 13.8. The number of rotatable bonds is 4. The number of nitrogens with zero attached hydrogens (tertiary/aromatic N) is 1. The van der Waals surface area contributed by atoms with Crippen molar-refractivity contribution in [3.8, 4) is 17.0 Å². The normalized spacial score (nSPS) is 9.70. The summed E-state index contributed by atoms with van der Waals surface area (Å²) < 4.78 is 7.03. The van der Waals surface area contributed by atoms with Crippen molar-refractivity contribution in [1.29, 1.82) is 0 Å². The average Bonchev–Trinajstić information content (AvgIpc) is 2.44. The van der Waals surface area contributed by atoms with Crippen LogP contribution in [0.25, 0.3) is 11.3 Å². The van der Waals surface area contributed by atoms with Gasteiger partial charge in [-0.15, -0.1) is 12.1 Å². The zero-order valence-electron chi connectivity index (χ0n) is 11.7. The summed E-state index contributed by atoms with van der Waals surface area (Å²) in [5.74, 6) is 0.778. The van der Waals surface area contributed by atoms with Crippen LogP contribution in [-0.2, 0) is 39.8 Å². The van der Waals surface area contributed by atoms with Crippen LogP contribution in [-0.4, -0.2) is 11.2 Å². The molecule has 3 nitrogen and oxygen atoms in total. The second-order valence-corrected chi connectivity index (χ2v) is 4.31. The van der Waals surface area contributed by atoms with E-state index in [2.05, 4.69) is 12.6 Å². The van der Waals surface area contributed by atoms with Crippen molar-refractivity contribution in [2.45, 2.75) is 6.92 Å². The standard InChI is InChI=1S/C16H16NO2.Y/c1-4-11-19-14-8-6-13(7-9-14)15-10-5-12(2)16(18)17(15)3;/h4-9H,1,11H2,2-3H3;/q-1;. The van der Waals surface area contributed by atoms with Crippen LogP contribution >= 0.6 is 0 Å². The molecule has 0 aliphatic rings. The van der Waals surface area contributed by atoms with E-state index in [1.807, 2.05) is 24.3 Å². The number of benzene rings is 1. The third-order valence-corrected chi connectivity index (χ3v) is 2.90. The summed E-state index contributed by atoms with van der Waals surface area (Å²) in [5, 5.41) is 0. The molecule has 0 atom stereocenters. The fourth-order valence-corrected chi connectivity index (χ4v) is 1.84. The van der Waals surface area contributed by atoms with Gasteiger partial charge in [0.25, 0.3) is 0 Å². The molecule has 0 amide bonds. The maximum atomic E-state index is 11.9. The summed E-state index contributed by atoms with van der Waals surface area (Å²) in [6, 6.07) is 12.4. The van der Waals surface area contributed by atoms with Gasteiger partial charge in [-0.1, -0.05) is 36.4 Å². The number of aromatic nitrogens is 1. The molecule has 0 saturated carbocycles. The Kier molecular flexibility index (Phi) is 6.37. The molecular weight excluding hydrogens is 327 g/mol. The SMILES string of the molecule is C=CCOc1ccc(-c2[c-]cc(C)c(=O)n2C)cc1.[Y]. The van der Waals surface area contributed by atoms with E-state index in [4.69, 9.17) is 4.74 Å². The first-order valence-corrected chi connectivity index (χ1v) is 6.06. The van der Waals surface area contributed by atoms with Gasteiger partial charge < -0.3 is 9.30 Å². The Bertz CT molecular complexity index is 645. The zero-order valence-corrected chi connectivity index (χ0v) is 14.6. The molecule has 1 radical (unpaired) electrons. The second kappa shape index (κ2) is 7.56. The number of pyridine rings is 1. The van der Waals surface area contributed by atoms with E-state index in [1.54, 1.807) is 30.7 Å². The third kappa shape index (κ3) is 3.68. The van der Waals surface area contributed by atoms with Crippen molar-refractivity contribution >= 4 is 0 Å². The molecule has 0 fully saturated rings. The summed E-state index contributed by atoms with van der Waals surface area (Å²) in [6.45, 7) is 5.87. The van der Waals surface area contributed by atoms with Crippen molar-refractivity contribution in [2.24, 2.45) is 7.05 Å². The molecule has 0 saturated heterocycles. The monoisotopic (exact) mass is 343 g/mol. The van der Waals surface area contributed by atoms with Crippen LogP contribution in [0.15, 0.2) is 47.8 Å². The van der Waals surface area contributed by atoms with Crippen molar-refractivity contribution in [3.05, 3.63) is 65.0 Å². The summed E-state index contributed by atoms with van der Waals surface area (Å²) in [4.78, 5) is 11.9. The number of ether oxygens (including phenoxy) is 1. The maximum Gasteiger partial charge on any atom is 0.197 e. The van der Waals surface area contributed by atoms with Crippen molar-refractivity contribution in [3.63, 3.8) is 0 Å². The van der Waals surface area contributed by atoms with Crippen LogP contribution in [0.2, 0.25) is 0 Å². The topological polar surface area (TPSA) is 31.2 Å². The first-order chi connectivity index (χ1) is 9.13. The Morgan fingerprint density at radius 2 is 2.00 bits per heavy atom. The average molecular weight is 343 g/mol. The first-order valence-electron chi connectivity index (χ1n) is 6.06. The van der Waals surface area contributed by atoms with E-state index in [0.29, 0.717) is 12.2 Å². The Hall–Kier alpha value is -1.19. The number of hydrogen-bond acceptors (Lipinski definition) is 2. The van der Waals surface area contributed by atoms with E-state index in [-0.39, 0.29) is 38.3 Å². The summed E-state index contributed by atoms with van der Waals surface area (Å²) in [7, 11) is 1.75. The molecule has 1 heterocycles. The van der Waals surface area contributed by atoms with E-state index >= 15 is 0 Å². The number of aryl methyl sites for hydroxylation is 1. The van der Waals surface area contributed by atoms with Gasteiger partial charge in [-0.2, -0.15) is 12.1 Å². The molecule has 0 unspecified atom stereocenters. The van der Waals surface area contributed by atoms with E-state index in [0.717, 1.165) is 17.0 Å². The fraction of sp³-hybridized carbons (Fsp3) is 0.188. The molecule has 0 N–H and O–H groups in total. The molecule has 20 heavy (non-hydrogen) atoms.